The molecule has 2 aromatic carbocycles. The maximum atomic E-state index is 12.0. The molecule has 1 unspecified atom stereocenters. The van der Waals surface area contributed by atoms with E-state index in [0.29, 0.717) is 30.5 Å². The van der Waals surface area contributed by atoms with Crippen molar-refractivity contribution in [1.29, 1.82) is 0 Å². The fraction of sp³-hybridized carbons (Fsp3) is 0.455. The molecule has 226 valence electrons. The largest absolute Gasteiger partial charge is 0.508 e. The predicted molar refractivity (Wildman–Crippen MR) is 169 cm³/mol. The van der Waals surface area contributed by atoms with E-state index in [1.807, 2.05) is 6.07 Å². The molecular formula is C33H38N4O5S. The number of amides is 1. The van der Waals surface area contributed by atoms with Gasteiger partial charge in [0.25, 0.3) is 5.91 Å². The van der Waals surface area contributed by atoms with Gasteiger partial charge >= 0.3 is 6.16 Å². The molecule has 0 radical (unpaired) electrons. The van der Waals surface area contributed by atoms with Gasteiger partial charge in [0.15, 0.2) is 6.10 Å². The number of ether oxygens (including phenoxy) is 3. The Morgan fingerprint density at radius 3 is 2.70 bits per heavy atom. The lowest BCUT2D eigenvalue weighted by Gasteiger charge is -2.33. The van der Waals surface area contributed by atoms with Gasteiger partial charge in [-0.25, -0.2) is 4.79 Å². The van der Waals surface area contributed by atoms with Gasteiger partial charge in [-0.15, -0.1) is 11.3 Å². The van der Waals surface area contributed by atoms with Gasteiger partial charge in [-0.1, -0.05) is 24.0 Å². The fourth-order valence-corrected chi connectivity index (χ4v) is 6.99. The first-order valence-corrected chi connectivity index (χ1v) is 15.8. The van der Waals surface area contributed by atoms with E-state index in [1.165, 1.54) is 34.2 Å². The number of nitrogens with zero attached hydrogens (tertiary/aromatic N) is 1. The molecule has 6 rings (SSSR count). The number of cyclic esters (lactones) is 2. The Labute approximate surface area is 256 Å². The van der Waals surface area contributed by atoms with Gasteiger partial charge in [-0.3, -0.25) is 9.69 Å². The maximum absolute atomic E-state index is 12.0. The van der Waals surface area contributed by atoms with E-state index in [4.69, 9.17) is 14.2 Å². The summed E-state index contributed by atoms with van der Waals surface area (Å²) >= 11 is 1.79. The summed E-state index contributed by atoms with van der Waals surface area (Å²) in [6.45, 7) is 3.46. The average Bonchev–Trinajstić information content (AvgIpc) is 3.66. The van der Waals surface area contributed by atoms with E-state index in [1.54, 1.807) is 37.6 Å². The zero-order chi connectivity index (χ0) is 29.8. The summed E-state index contributed by atoms with van der Waals surface area (Å²) in [6, 6.07) is 12.3. The number of rotatable bonds is 10. The van der Waals surface area contributed by atoms with Gasteiger partial charge in [0.05, 0.1) is 34.6 Å². The van der Waals surface area contributed by atoms with Crippen LogP contribution in [0.25, 0.3) is 10.1 Å². The number of benzene rings is 2. The third-order valence-corrected chi connectivity index (χ3v) is 9.52. The molecule has 1 saturated carbocycles. The molecule has 3 N–H and O–H groups in total. The van der Waals surface area contributed by atoms with Crippen LogP contribution >= 0.6 is 11.3 Å². The third kappa shape index (κ3) is 7.00. The summed E-state index contributed by atoms with van der Waals surface area (Å²) in [5.41, 5.74) is 3.90. The lowest BCUT2D eigenvalue weighted by molar-refractivity contribution is 0.0942. The number of hydrogen-bond acceptors (Lipinski definition) is 9. The number of piperidine rings is 1. The highest BCUT2D eigenvalue weighted by atomic mass is 32.1. The molecular weight excluding hydrogens is 564 g/mol. The van der Waals surface area contributed by atoms with Crippen molar-refractivity contribution in [1.82, 2.24) is 10.2 Å². The van der Waals surface area contributed by atoms with Crippen molar-refractivity contribution in [2.75, 3.05) is 57.6 Å². The number of anilines is 2. The molecule has 1 atom stereocenters. The molecule has 3 fully saturated rings. The molecule has 2 aliphatic heterocycles. The first-order chi connectivity index (χ1) is 21.0. The topological polar surface area (TPSA) is 101 Å². The Bertz CT molecular complexity index is 1550. The fourth-order valence-electron chi connectivity index (χ4n) is 5.81. The Morgan fingerprint density at radius 1 is 1.14 bits per heavy atom. The molecule has 1 aliphatic carbocycles. The summed E-state index contributed by atoms with van der Waals surface area (Å²) in [7, 11) is 3.21. The SMILES string of the molecule is CNC(=O)c1ccc(NCC#Cc2sc3c(NC4CCN(CC5COC(=O)O5)CC4)cccc3c2CC2CC2)c(OC)c1. The van der Waals surface area contributed by atoms with Gasteiger partial charge in [0, 0.05) is 38.3 Å². The lowest BCUT2D eigenvalue weighted by atomic mass is 10.0. The van der Waals surface area contributed by atoms with Crippen molar-refractivity contribution >= 4 is 44.9 Å². The smallest absolute Gasteiger partial charge is 0.495 e. The number of fused-ring (bicyclic) bond motifs is 1. The van der Waals surface area contributed by atoms with Gasteiger partial charge in [-0.05, 0) is 73.2 Å². The summed E-state index contributed by atoms with van der Waals surface area (Å²) in [5.74, 6) is 8.02. The molecule has 1 amide bonds. The molecule has 2 saturated heterocycles. The molecule has 0 spiro atoms. The van der Waals surface area contributed by atoms with Crippen LogP contribution in [0.2, 0.25) is 0 Å². The highest BCUT2D eigenvalue weighted by molar-refractivity contribution is 7.20. The molecule has 0 bridgehead atoms. The van der Waals surface area contributed by atoms with E-state index in [9.17, 15) is 9.59 Å². The highest BCUT2D eigenvalue weighted by Crippen LogP contribution is 2.41. The van der Waals surface area contributed by atoms with Crippen LogP contribution in [0, 0.1) is 17.8 Å². The number of likely N-dealkylation sites (tertiary alicyclic amines) is 1. The van der Waals surface area contributed by atoms with Crippen molar-refractivity contribution < 1.29 is 23.8 Å². The first-order valence-electron chi connectivity index (χ1n) is 15.0. The van der Waals surface area contributed by atoms with Crippen LogP contribution in [-0.4, -0.2) is 76.1 Å². The Balaban J connectivity index is 1.13. The van der Waals surface area contributed by atoms with Gasteiger partial charge in [0.1, 0.15) is 12.4 Å². The number of nitrogens with one attached hydrogen (secondary N) is 3. The van der Waals surface area contributed by atoms with E-state index < -0.39 is 6.16 Å². The minimum atomic E-state index is -0.555. The summed E-state index contributed by atoms with van der Waals surface area (Å²) in [6.07, 6.45) is 5.01. The van der Waals surface area contributed by atoms with Crippen LogP contribution in [0.5, 0.6) is 5.75 Å². The van der Waals surface area contributed by atoms with Gasteiger partial charge in [0.2, 0.25) is 0 Å². The maximum Gasteiger partial charge on any atom is 0.508 e. The summed E-state index contributed by atoms with van der Waals surface area (Å²) in [4.78, 5) is 26.7. The Kier molecular flexibility index (Phi) is 8.91. The van der Waals surface area contributed by atoms with Crippen molar-refractivity contribution in [3.05, 3.63) is 52.4 Å². The summed E-state index contributed by atoms with van der Waals surface area (Å²) in [5, 5.41) is 11.1. The van der Waals surface area contributed by atoms with E-state index in [0.717, 1.165) is 55.4 Å². The normalized spacial score (nSPS) is 18.8. The second-order valence-corrected chi connectivity index (χ2v) is 12.4. The molecule has 3 heterocycles. The van der Waals surface area contributed by atoms with Gasteiger partial charge in [-0.2, -0.15) is 0 Å². The second kappa shape index (κ2) is 13.1. The molecule has 9 nitrogen and oxygen atoms in total. The monoisotopic (exact) mass is 602 g/mol. The van der Waals surface area contributed by atoms with Crippen molar-refractivity contribution in [2.24, 2.45) is 5.92 Å². The molecule has 3 aliphatic rings. The zero-order valence-corrected chi connectivity index (χ0v) is 25.5. The molecule has 1 aromatic heterocycles. The zero-order valence-electron chi connectivity index (χ0n) is 24.7. The molecule has 10 heteroatoms. The number of hydrogen-bond donors (Lipinski definition) is 3. The molecule has 3 aromatic rings. The van der Waals surface area contributed by atoms with Crippen LogP contribution in [0.3, 0.4) is 0 Å². The van der Waals surface area contributed by atoms with E-state index >= 15 is 0 Å². The molecule has 43 heavy (non-hydrogen) atoms. The third-order valence-electron chi connectivity index (χ3n) is 8.33. The van der Waals surface area contributed by atoms with E-state index in [2.05, 4.69) is 50.9 Å². The minimum absolute atomic E-state index is 0.152. The highest BCUT2D eigenvalue weighted by Gasteiger charge is 2.29. The van der Waals surface area contributed by atoms with Crippen molar-refractivity contribution in [2.45, 2.75) is 44.2 Å². The number of thiophene rings is 1. The Hall–Kier alpha value is -3.94. The quantitative estimate of drug-likeness (QED) is 0.218. The van der Waals surface area contributed by atoms with Gasteiger partial charge < -0.3 is 30.2 Å². The first kappa shape index (κ1) is 29.1. The standard InChI is InChI=1S/C33H38N4O5S/c1-34-32(38)22-10-11-27(29(18-22)40-2)35-14-4-7-30-26(17-21-8-9-21)25-5-3-6-28(31(25)43-30)36-23-12-15-37(16-13-23)19-24-20-41-33(39)42-24/h3,5-6,10-11,18,21,23-24,35-36H,8-9,12-17,19-20H2,1-2H3,(H,34,38). The van der Waals surface area contributed by atoms with E-state index in [-0.39, 0.29) is 12.0 Å². The van der Waals surface area contributed by atoms with Crippen LogP contribution < -0.4 is 20.7 Å². The number of carbonyl (C=O) groups is 2. The van der Waals surface area contributed by atoms with Crippen LogP contribution in [0.4, 0.5) is 16.2 Å². The number of carbonyl (C=O) groups excluding carboxylic acids is 2. The predicted octanol–water partition coefficient (Wildman–Crippen LogP) is 5.10. The lowest BCUT2D eigenvalue weighted by Crippen LogP contribution is -2.43. The van der Waals surface area contributed by atoms with Crippen LogP contribution in [-0.2, 0) is 15.9 Å². The minimum Gasteiger partial charge on any atom is -0.495 e. The van der Waals surface area contributed by atoms with Crippen LogP contribution in [0.1, 0.15) is 46.5 Å². The second-order valence-electron chi connectivity index (χ2n) is 11.4. The van der Waals surface area contributed by atoms with Crippen LogP contribution in [0.15, 0.2) is 36.4 Å². The number of methoxy groups -OCH3 is 1. The average molecular weight is 603 g/mol. The summed E-state index contributed by atoms with van der Waals surface area (Å²) < 4.78 is 16.9. The van der Waals surface area contributed by atoms with Crippen molar-refractivity contribution in [3.63, 3.8) is 0 Å². The van der Waals surface area contributed by atoms with Crippen molar-refractivity contribution in [3.8, 4) is 17.6 Å². The Morgan fingerprint density at radius 2 is 1.98 bits per heavy atom.